The predicted octanol–water partition coefficient (Wildman–Crippen LogP) is 2.69. The Morgan fingerprint density at radius 1 is 1.21 bits per heavy atom. The summed E-state index contributed by atoms with van der Waals surface area (Å²) in [5.74, 6) is 0.591. The number of amides is 1. The second-order valence-electron chi connectivity index (χ2n) is 5.63. The third-order valence-corrected chi connectivity index (χ3v) is 3.87. The lowest BCUT2D eigenvalue weighted by Gasteiger charge is -2.27. The summed E-state index contributed by atoms with van der Waals surface area (Å²) in [5, 5.41) is 12.2. The first-order valence-electron chi connectivity index (χ1n) is 7.94. The van der Waals surface area contributed by atoms with Crippen LogP contribution in [0.5, 0.6) is 5.75 Å². The highest BCUT2D eigenvalue weighted by Crippen LogP contribution is 2.23. The standard InChI is InChI=1S/C19H24N2O3/c1-21(18(11-12-22)15-7-4-3-5-8-15)14-19(23)20-16-9-6-10-17(13-16)24-2/h3-10,13,18,22H,11-12,14H2,1-2H3,(H,20,23). The van der Waals surface area contributed by atoms with Crippen molar-refractivity contribution in [3.63, 3.8) is 0 Å². The van der Waals surface area contributed by atoms with Crippen LogP contribution in [-0.2, 0) is 4.79 Å². The van der Waals surface area contributed by atoms with Crippen LogP contribution in [0.2, 0.25) is 0 Å². The highest BCUT2D eigenvalue weighted by atomic mass is 16.5. The number of hydrogen-bond donors (Lipinski definition) is 2. The van der Waals surface area contributed by atoms with E-state index in [2.05, 4.69) is 5.32 Å². The van der Waals surface area contributed by atoms with Crippen LogP contribution in [0.1, 0.15) is 18.0 Å². The van der Waals surface area contributed by atoms with Crippen LogP contribution in [0.3, 0.4) is 0 Å². The summed E-state index contributed by atoms with van der Waals surface area (Å²) < 4.78 is 5.16. The molecule has 0 aliphatic heterocycles. The van der Waals surface area contributed by atoms with Crippen LogP contribution < -0.4 is 10.1 Å². The fraction of sp³-hybridized carbons (Fsp3) is 0.316. The minimum Gasteiger partial charge on any atom is -0.497 e. The van der Waals surface area contributed by atoms with Crippen LogP contribution in [0, 0.1) is 0 Å². The number of aliphatic hydroxyl groups is 1. The van der Waals surface area contributed by atoms with Gasteiger partial charge in [-0.15, -0.1) is 0 Å². The van der Waals surface area contributed by atoms with E-state index in [1.807, 2.05) is 60.5 Å². The first-order valence-corrected chi connectivity index (χ1v) is 7.94. The summed E-state index contributed by atoms with van der Waals surface area (Å²) in [6, 6.07) is 17.2. The van der Waals surface area contributed by atoms with Gasteiger partial charge in [0.2, 0.25) is 5.91 Å². The van der Waals surface area contributed by atoms with Crippen LogP contribution in [0.4, 0.5) is 5.69 Å². The zero-order valence-corrected chi connectivity index (χ0v) is 14.1. The average molecular weight is 328 g/mol. The summed E-state index contributed by atoms with van der Waals surface area (Å²) in [6.07, 6.45) is 0.576. The van der Waals surface area contributed by atoms with Gasteiger partial charge in [-0.3, -0.25) is 9.69 Å². The molecule has 1 amide bonds. The molecule has 5 nitrogen and oxygen atoms in total. The molecule has 1 unspecified atom stereocenters. The van der Waals surface area contributed by atoms with Gasteiger partial charge in [0.25, 0.3) is 0 Å². The maximum atomic E-state index is 12.3. The second kappa shape index (κ2) is 9.05. The molecule has 2 aromatic carbocycles. The first kappa shape index (κ1) is 18.0. The third-order valence-electron chi connectivity index (χ3n) is 3.87. The second-order valence-corrected chi connectivity index (χ2v) is 5.63. The summed E-state index contributed by atoms with van der Waals surface area (Å²) in [7, 11) is 3.48. The van der Waals surface area contributed by atoms with Gasteiger partial charge in [0.1, 0.15) is 5.75 Å². The van der Waals surface area contributed by atoms with Gasteiger partial charge in [-0.25, -0.2) is 0 Å². The maximum Gasteiger partial charge on any atom is 0.238 e. The molecule has 0 saturated carbocycles. The molecule has 1 atom stereocenters. The quantitative estimate of drug-likeness (QED) is 0.782. The van der Waals surface area contributed by atoms with Crippen LogP contribution in [0.25, 0.3) is 0 Å². The molecule has 2 aromatic rings. The van der Waals surface area contributed by atoms with E-state index < -0.39 is 0 Å². The number of ether oxygens (including phenoxy) is 1. The monoisotopic (exact) mass is 328 g/mol. The van der Waals surface area contributed by atoms with Crippen molar-refractivity contribution >= 4 is 11.6 Å². The van der Waals surface area contributed by atoms with Gasteiger partial charge < -0.3 is 15.2 Å². The van der Waals surface area contributed by atoms with Crippen molar-refractivity contribution in [1.82, 2.24) is 4.90 Å². The van der Waals surface area contributed by atoms with Crippen LogP contribution >= 0.6 is 0 Å². The molecule has 24 heavy (non-hydrogen) atoms. The Morgan fingerprint density at radius 3 is 2.62 bits per heavy atom. The molecule has 0 radical (unpaired) electrons. The Morgan fingerprint density at radius 2 is 1.96 bits per heavy atom. The Bertz CT molecular complexity index is 646. The molecule has 0 bridgehead atoms. The largest absolute Gasteiger partial charge is 0.497 e. The van der Waals surface area contributed by atoms with Gasteiger partial charge >= 0.3 is 0 Å². The van der Waals surface area contributed by atoms with Crippen molar-refractivity contribution < 1.29 is 14.6 Å². The molecule has 0 fully saturated rings. The van der Waals surface area contributed by atoms with E-state index in [1.54, 1.807) is 13.2 Å². The van der Waals surface area contributed by atoms with E-state index >= 15 is 0 Å². The normalized spacial score (nSPS) is 12.0. The number of anilines is 1. The van der Waals surface area contributed by atoms with E-state index in [0.29, 0.717) is 17.9 Å². The van der Waals surface area contributed by atoms with Crippen molar-refractivity contribution in [2.45, 2.75) is 12.5 Å². The lowest BCUT2D eigenvalue weighted by molar-refractivity contribution is -0.117. The van der Waals surface area contributed by atoms with E-state index in [4.69, 9.17) is 4.74 Å². The zero-order valence-electron chi connectivity index (χ0n) is 14.1. The molecule has 0 heterocycles. The van der Waals surface area contributed by atoms with E-state index in [9.17, 15) is 9.90 Å². The molecule has 0 saturated heterocycles. The number of aliphatic hydroxyl groups excluding tert-OH is 1. The minimum absolute atomic E-state index is 0.00717. The maximum absolute atomic E-state index is 12.3. The fourth-order valence-electron chi connectivity index (χ4n) is 2.68. The van der Waals surface area contributed by atoms with E-state index in [0.717, 1.165) is 5.56 Å². The fourth-order valence-corrected chi connectivity index (χ4v) is 2.68. The van der Waals surface area contributed by atoms with Crippen molar-refractivity contribution in [1.29, 1.82) is 0 Å². The highest BCUT2D eigenvalue weighted by Gasteiger charge is 2.18. The highest BCUT2D eigenvalue weighted by molar-refractivity contribution is 5.92. The van der Waals surface area contributed by atoms with Gasteiger partial charge in [-0.2, -0.15) is 0 Å². The molecule has 0 aromatic heterocycles. The topological polar surface area (TPSA) is 61.8 Å². The van der Waals surface area contributed by atoms with E-state index in [-0.39, 0.29) is 25.1 Å². The number of benzene rings is 2. The lowest BCUT2D eigenvalue weighted by Crippen LogP contribution is -2.33. The third kappa shape index (κ3) is 5.08. The summed E-state index contributed by atoms with van der Waals surface area (Å²) in [5.41, 5.74) is 1.79. The number of carbonyl (C=O) groups excluding carboxylic acids is 1. The Kier molecular flexibility index (Phi) is 6.78. The van der Waals surface area contributed by atoms with Crippen molar-refractivity contribution in [3.05, 3.63) is 60.2 Å². The van der Waals surface area contributed by atoms with Gasteiger partial charge in [-0.05, 0) is 31.2 Å². The number of hydrogen-bond acceptors (Lipinski definition) is 4. The van der Waals surface area contributed by atoms with Gasteiger partial charge in [-0.1, -0.05) is 36.4 Å². The number of methoxy groups -OCH3 is 1. The predicted molar refractivity (Wildman–Crippen MR) is 95.1 cm³/mol. The minimum atomic E-state index is -0.107. The first-order chi connectivity index (χ1) is 11.6. The van der Waals surface area contributed by atoms with Crippen molar-refractivity contribution in [3.8, 4) is 5.75 Å². The van der Waals surface area contributed by atoms with E-state index in [1.165, 1.54) is 0 Å². The number of carbonyl (C=O) groups is 1. The van der Waals surface area contributed by atoms with Crippen molar-refractivity contribution in [2.24, 2.45) is 0 Å². The van der Waals surface area contributed by atoms with Gasteiger partial charge in [0.15, 0.2) is 0 Å². The van der Waals surface area contributed by atoms with Crippen molar-refractivity contribution in [2.75, 3.05) is 32.6 Å². The summed E-state index contributed by atoms with van der Waals surface area (Å²) in [6.45, 7) is 0.304. The molecular weight excluding hydrogens is 304 g/mol. The summed E-state index contributed by atoms with van der Waals surface area (Å²) >= 11 is 0. The number of rotatable bonds is 8. The average Bonchev–Trinajstić information content (AvgIpc) is 2.60. The summed E-state index contributed by atoms with van der Waals surface area (Å²) in [4.78, 5) is 14.3. The Hall–Kier alpha value is -2.37. The Labute approximate surface area is 142 Å². The van der Waals surface area contributed by atoms with Crippen LogP contribution in [0.15, 0.2) is 54.6 Å². The zero-order chi connectivity index (χ0) is 17.4. The Balaban J connectivity index is 2.00. The number of likely N-dealkylation sites (N-methyl/N-ethyl adjacent to an activating group) is 1. The number of nitrogens with zero attached hydrogens (tertiary/aromatic N) is 1. The SMILES string of the molecule is COc1cccc(NC(=O)CN(C)C(CCO)c2ccccc2)c1. The molecule has 2 rings (SSSR count). The molecule has 0 spiro atoms. The van der Waals surface area contributed by atoms with Gasteiger partial charge in [0, 0.05) is 24.4 Å². The molecule has 5 heteroatoms. The molecule has 2 N–H and O–H groups in total. The molecule has 0 aliphatic rings. The molecule has 0 aliphatic carbocycles. The van der Waals surface area contributed by atoms with Crippen LogP contribution in [-0.4, -0.2) is 43.2 Å². The van der Waals surface area contributed by atoms with Gasteiger partial charge in [0.05, 0.1) is 13.7 Å². The lowest BCUT2D eigenvalue weighted by atomic mass is 10.0. The molecular formula is C19H24N2O3. The molecule has 128 valence electrons. The number of nitrogens with one attached hydrogen (secondary N) is 1. The smallest absolute Gasteiger partial charge is 0.238 e.